The fourth-order valence-electron chi connectivity index (χ4n) is 1.47. The molecule has 0 saturated heterocycles. The fourth-order valence-corrected chi connectivity index (χ4v) is 2.12. The van der Waals surface area contributed by atoms with E-state index in [9.17, 15) is 22.8 Å². The molecule has 23 heavy (non-hydrogen) atoms. The maximum absolute atomic E-state index is 12.4. The molecule has 2 aromatic heterocycles. The zero-order chi connectivity index (χ0) is 16.9. The standard InChI is InChI=1S/C13H11F3N4O2S/c14-13(15,16)8-3-4-11(18-6-8)23-7-10(21)19-20-12(22)9-2-1-5-17-9/h1-6,17H,7H2,(H,19,21)(H,20,22). The number of halogens is 3. The smallest absolute Gasteiger partial charge is 0.357 e. The van der Waals surface area contributed by atoms with Crippen molar-refractivity contribution in [2.75, 3.05) is 5.75 Å². The van der Waals surface area contributed by atoms with Gasteiger partial charge in [0.1, 0.15) is 5.69 Å². The van der Waals surface area contributed by atoms with E-state index in [0.29, 0.717) is 6.20 Å². The summed E-state index contributed by atoms with van der Waals surface area (Å²) in [7, 11) is 0. The summed E-state index contributed by atoms with van der Waals surface area (Å²) in [5, 5.41) is 0.267. The molecule has 0 saturated carbocycles. The summed E-state index contributed by atoms with van der Waals surface area (Å²) in [5.41, 5.74) is 3.81. The van der Waals surface area contributed by atoms with Crippen molar-refractivity contribution in [2.24, 2.45) is 0 Å². The van der Waals surface area contributed by atoms with Crippen molar-refractivity contribution in [3.63, 3.8) is 0 Å². The predicted octanol–water partition coefficient (Wildman–Crippen LogP) is 1.98. The van der Waals surface area contributed by atoms with Gasteiger partial charge in [0.15, 0.2) is 0 Å². The van der Waals surface area contributed by atoms with Crippen LogP contribution in [0.1, 0.15) is 16.1 Å². The van der Waals surface area contributed by atoms with E-state index in [1.165, 1.54) is 12.1 Å². The number of hydrogen-bond acceptors (Lipinski definition) is 4. The Kier molecular flexibility index (Phi) is 5.27. The molecule has 0 radical (unpaired) electrons. The van der Waals surface area contributed by atoms with E-state index in [2.05, 4.69) is 20.8 Å². The van der Waals surface area contributed by atoms with Crippen molar-refractivity contribution >= 4 is 23.6 Å². The van der Waals surface area contributed by atoms with Crippen LogP contribution in [-0.4, -0.2) is 27.5 Å². The molecule has 2 rings (SSSR count). The molecular weight excluding hydrogens is 333 g/mol. The molecule has 122 valence electrons. The van der Waals surface area contributed by atoms with Crippen LogP contribution in [-0.2, 0) is 11.0 Å². The lowest BCUT2D eigenvalue weighted by Gasteiger charge is -2.07. The minimum absolute atomic E-state index is 0.108. The van der Waals surface area contributed by atoms with Crippen molar-refractivity contribution < 1.29 is 22.8 Å². The predicted molar refractivity (Wildman–Crippen MR) is 76.4 cm³/mol. The number of alkyl halides is 3. The number of thioether (sulfide) groups is 1. The SMILES string of the molecule is O=C(CSc1ccc(C(F)(F)F)cn1)NNC(=O)c1ccc[nH]1. The highest BCUT2D eigenvalue weighted by molar-refractivity contribution is 7.99. The quantitative estimate of drug-likeness (QED) is 0.585. The average Bonchev–Trinajstić information content (AvgIpc) is 3.04. The number of carbonyl (C=O) groups is 2. The maximum atomic E-state index is 12.4. The van der Waals surface area contributed by atoms with Gasteiger partial charge in [-0.2, -0.15) is 13.2 Å². The first-order chi connectivity index (χ1) is 10.9. The lowest BCUT2D eigenvalue weighted by Crippen LogP contribution is -2.42. The van der Waals surface area contributed by atoms with Crippen LogP contribution in [0.5, 0.6) is 0 Å². The number of aromatic amines is 1. The average molecular weight is 344 g/mol. The van der Waals surface area contributed by atoms with E-state index >= 15 is 0 Å². The number of nitrogens with zero attached hydrogens (tertiary/aromatic N) is 1. The number of amides is 2. The number of carbonyl (C=O) groups excluding carboxylic acids is 2. The second-order valence-electron chi connectivity index (χ2n) is 4.26. The first-order valence-electron chi connectivity index (χ1n) is 6.25. The van der Waals surface area contributed by atoms with Gasteiger partial charge in [-0.25, -0.2) is 4.98 Å². The molecule has 6 nitrogen and oxygen atoms in total. The Balaban J connectivity index is 1.77. The third kappa shape index (κ3) is 5.02. The molecule has 0 spiro atoms. The molecule has 2 heterocycles. The van der Waals surface area contributed by atoms with Gasteiger partial charge in [-0.15, -0.1) is 0 Å². The minimum atomic E-state index is -4.45. The van der Waals surface area contributed by atoms with E-state index in [-0.39, 0.29) is 16.5 Å². The zero-order valence-corrected chi connectivity index (χ0v) is 12.3. The highest BCUT2D eigenvalue weighted by atomic mass is 32.2. The van der Waals surface area contributed by atoms with Gasteiger partial charge in [-0.1, -0.05) is 11.8 Å². The Bertz CT molecular complexity index is 672. The van der Waals surface area contributed by atoms with E-state index < -0.39 is 23.6 Å². The lowest BCUT2D eigenvalue weighted by molar-refractivity contribution is -0.137. The van der Waals surface area contributed by atoms with Gasteiger partial charge in [0, 0.05) is 12.4 Å². The monoisotopic (exact) mass is 344 g/mol. The van der Waals surface area contributed by atoms with Crippen molar-refractivity contribution in [1.82, 2.24) is 20.8 Å². The first-order valence-corrected chi connectivity index (χ1v) is 7.23. The van der Waals surface area contributed by atoms with Crippen LogP contribution in [0.15, 0.2) is 41.7 Å². The lowest BCUT2D eigenvalue weighted by atomic mass is 10.3. The summed E-state index contributed by atoms with van der Waals surface area (Å²) in [6.07, 6.45) is -2.19. The first kappa shape index (κ1) is 16.9. The van der Waals surface area contributed by atoms with Crippen molar-refractivity contribution in [3.05, 3.63) is 47.9 Å². The molecule has 0 fully saturated rings. The van der Waals surface area contributed by atoms with Gasteiger partial charge in [-0.3, -0.25) is 20.4 Å². The van der Waals surface area contributed by atoms with Gasteiger partial charge >= 0.3 is 6.18 Å². The minimum Gasteiger partial charge on any atom is -0.357 e. The Morgan fingerprint density at radius 1 is 1.22 bits per heavy atom. The van der Waals surface area contributed by atoms with Crippen LogP contribution >= 0.6 is 11.8 Å². The normalized spacial score (nSPS) is 11.1. The molecule has 0 aliphatic heterocycles. The number of hydrazine groups is 1. The summed E-state index contributed by atoms with van der Waals surface area (Å²) in [6.45, 7) is 0. The van der Waals surface area contributed by atoms with Crippen LogP contribution < -0.4 is 10.9 Å². The van der Waals surface area contributed by atoms with Crippen molar-refractivity contribution in [1.29, 1.82) is 0 Å². The highest BCUT2D eigenvalue weighted by Gasteiger charge is 2.30. The van der Waals surface area contributed by atoms with Crippen molar-refractivity contribution in [3.8, 4) is 0 Å². The largest absolute Gasteiger partial charge is 0.417 e. The number of rotatable bonds is 4. The van der Waals surface area contributed by atoms with Gasteiger partial charge < -0.3 is 4.98 Å². The Morgan fingerprint density at radius 3 is 2.57 bits per heavy atom. The maximum Gasteiger partial charge on any atom is 0.417 e. The molecule has 0 aromatic carbocycles. The van der Waals surface area contributed by atoms with Crippen LogP contribution in [0.25, 0.3) is 0 Å². The van der Waals surface area contributed by atoms with Gasteiger partial charge in [-0.05, 0) is 24.3 Å². The molecule has 0 atom stereocenters. The summed E-state index contributed by atoms with van der Waals surface area (Å²) in [5.74, 6) is -1.14. The summed E-state index contributed by atoms with van der Waals surface area (Å²) in [6, 6.07) is 5.23. The summed E-state index contributed by atoms with van der Waals surface area (Å²) in [4.78, 5) is 29.4. The second kappa shape index (κ2) is 7.18. The summed E-state index contributed by atoms with van der Waals surface area (Å²) < 4.78 is 37.1. The Labute approximate surface area is 132 Å². The van der Waals surface area contributed by atoms with Crippen LogP contribution in [0, 0.1) is 0 Å². The zero-order valence-electron chi connectivity index (χ0n) is 11.5. The second-order valence-corrected chi connectivity index (χ2v) is 5.25. The summed E-state index contributed by atoms with van der Waals surface area (Å²) >= 11 is 0.947. The van der Waals surface area contributed by atoms with Crippen LogP contribution in [0.2, 0.25) is 0 Å². The highest BCUT2D eigenvalue weighted by Crippen LogP contribution is 2.29. The van der Waals surface area contributed by atoms with E-state index in [4.69, 9.17) is 0 Å². The third-order valence-electron chi connectivity index (χ3n) is 2.57. The number of hydrogen-bond donors (Lipinski definition) is 3. The Morgan fingerprint density at radius 2 is 2.00 bits per heavy atom. The third-order valence-corrected chi connectivity index (χ3v) is 3.52. The molecule has 0 unspecified atom stereocenters. The molecule has 2 amide bonds. The Hall–Kier alpha value is -2.49. The molecule has 2 aromatic rings. The van der Waals surface area contributed by atoms with E-state index in [1.54, 1.807) is 12.3 Å². The molecule has 0 aliphatic rings. The molecular formula is C13H11F3N4O2S. The van der Waals surface area contributed by atoms with Gasteiger partial charge in [0.25, 0.3) is 5.91 Å². The number of pyridine rings is 1. The number of H-pyrrole nitrogens is 1. The van der Waals surface area contributed by atoms with E-state index in [0.717, 1.165) is 17.8 Å². The molecule has 0 bridgehead atoms. The molecule has 0 aliphatic carbocycles. The number of aromatic nitrogens is 2. The van der Waals surface area contributed by atoms with Crippen LogP contribution in [0.3, 0.4) is 0 Å². The van der Waals surface area contributed by atoms with Crippen molar-refractivity contribution in [2.45, 2.75) is 11.2 Å². The van der Waals surface area contributed by atoms with Crippen LogP contribution in [0.4, 0.5) is 13.2 Å². The fraction of sp³-hybridized carbons (Fsp3) is 0.154. The number of nitrogens with one attached hydrogen (secondary N) is 3. The topological polar surface area (TPSA) is 86.9 Å². The molecule has 3 N–H and O–H groups in total. The van der Waals surface area contributed by atoms with Gasteiger partial charge in [0.05, 0.1) is 16.3 Å². The molecule has 10 heteroatoms. The van der Waals surface area contributed by atoms with E-state index in [1.807, 2.05) is 0 Å². The van der Waals surface area contributed by atoms with Gasteiger partial charge in [0.2, 0.25) is 5.91 Å².